The van der Waals surface area contributed by atoms with Gasteiger partial charge in [0.05, 0.1) is 19.2 Å². The number of hydrogen-bond acceptors (Lipinski definition) is 6. The van der Waals surface area contributed by atoms with Gasteiger partial charge in [-0.05, 0) is 54.1 Å². The molecule has 1 aliphatic heterocycles. The highest BCUT2D eigenvalue weighted by Crippen LogP contribution is 2.29. The van der Waals surface area contributed by atoms with Crippen molar-refractivity contribution in [2.24, 2.45) is 0 Å². The summed E-state index contributed by atoms with van der Waals surface area (Å²) in [4.78, 5) is 53.6. The predicted molar refractivity (Wildman–Crippen MR) is 128 cm³/mol. The first-order valence-electron chi connectivity index (χ1n) is 11.0. The number of hydrogen-bond donors (Lipinski definition) is 0. The van der Waals surface area contributed by atoms with E-state index < -0.39 is 23.8 Å². The van der Waals surface area contributed by atoms with E-state index in [1.807, 2.05) is 30.3 Å². The molecule has 0 aliphatic carbocycles. The highest BCUT2D eigenvalue weighted by atomic mass is 16.5. The van der Waals surface area contributed by atoms with E-state index in [0.29, 0.717) is 22.7 Å². The first kappa shape index (κ1) is 23.7. The van der Waals surface area contributed by atoms with Crippen LogP contribution >= 0.6 is 0 Å². The highest BCUT2D eigenvalue weighted by Gasteiger charge is 2.44. The third-order valence-electron chi connectivity index (χ3n) is 5.65. The van der Waals surface area contributed by atoms with Crippen LogP contribution in [0.15, 0.2) is 78.9 Å². The largest absolute Gasteiger partial charge is 0.497 e. The van der Waals surface area contributed by atoms with Gasteiger partial charge in [0.1, 0.15) is 17.5 Å². The number of amides is 3. The molecule has 8 heteroatoms. The van der Waals surface area contributed by atoms with E-state index in [0.717, 1.165) is 10.5 Å². The molecule has 1 unspecified atom stereocenters. The Morgan fingerprint density at radius 1 is 0.914 bits per heavy atom. The van der Waals surface area contributed by atoms with Crippen molar-refractivity contribution in [3.63, 3.8) is 0 Å². The molecule has 0 N–H and O–H groups in total. The van der Waals surface area contributed by atoms with Gasteiger partial charge in [-0.25, -0.2) is 4.90 Å². The first-order valence-corrected chi connectivity index (χ1v) is 11.0. The minimum absolute atomic E-state index is 0.140. The van der Waals surface area contributed by atoms with Gasteiger partial charge in [-0.15, -0.1) is 0 Å². The van der Waals surface area contributed by atoms with Crippen molar-refractivity contribution in [2.75, 3.05) is 12.0 Å². The number of carbonyl (C=O) groups excluding carboxylic acids is 4. The number of benzene rings is 3. The van der Waals surface area contributed by atoms with Crippen LogP contribution in [0.1, 0.15) is 29.3 Å². The third-order valence-corrected chi connectivity index (χ3v) is 5.65. The number of methoxy groups -OCH3 is 1. The SMILES string of the molecule is COc1ccc(C(=O)N(Cc2ccccc2)C2CC(=O)N(c3ccc(OC(C)=O)cc3)C2=O)cc1. The van der Waals surface area contributed by atoms with Crippen molar-refractivity contribution in [3.8, 4) is 11.5 Å². The van der Waals surface area contributed by atoms with Crippen molar-refractivity contribution >= 4 is 29.4 Å². The molecule has 1 aliphatic rings. The minimum atomic E-state index is -0.967. The van der Waals surface area contributed by atoms with Crippen molar-refractivity contribution < 1.29 is 28.7 Å². The maximum atomic E-state index is 13.5. The number of nitrogens with zero attached hydrogens (tertiary/aromatic N) is 2. The normalized spacial score (nSPS) is 15.1. The van der Waals surface area contributed by atoms with Crippen LogP contribution in [0.4, 0.5) is 5.69 Å². The van der Waals surface area contributed by atoms with Crippen LogP contribution in [-0.2, 0) is 20.9 Å². The van der Waals surface area contributed by atoms with Gasteiger partial charge in [-0.2, -0.15) is 0 Å². The van der Waals surface area contributed by atoms with Gasteiger partial charge in [0.15, 0.2) is 0 Å². The molecular formula is C27H24N2O6. The molecule has 3 aromatic rings. The Hall–Kier alpha value is -4.46. The molecule has 3 aromatic carbocycles. The molecule has 1 saturated heterocycles. The fraction of sp³-hybridized carbons (Fsp3) is 0.185. The first-order chi connectivity index (χ1) is 16.9. The summed E-state index contributed by atoms with van der Waals surface area (Å²) in [5, 5.41) is 0. The van der Waals surface area contributed by atoms with E-state index in [-0.39, 0.29) is 18.9 Å². The molecule has 1 atom stereocenters. The maximum absolute atomic E-state index is 13.5. The summed E-state index contributed by atoms with van der Waals surface area (Å²) in [5.41, 5.74) is 1.56. The molecule has 0 saturated carbocycles. The number of ether oxygens (including phenoxy) is 2. The zero-order valence-corrected chi connectivity index (χ0v) is 19.3. The molecule has 1 heterocycles. The molecular weight excluding hydrogens is 448 g/mol. The van der Waals surface area contributed by atoms with E-state index in [9.17, 15) is 19.2 Å². The monoisotopic (exact) mass is 472 g/mol. The van der Waals surface area contributed by atoms with Crippen molar-refractivity contribution in [3.05, 3.63) is 90.0 Å². The number of imide groups is 1. The quantitative estimate of drug-likeness (QED) is 0.296. The standard InChI is InChI=1S/C27H24N2O6/c1-18(30)35-23-14-10-21(11-15-23)29-25(31)16-24(27(29)33)28(17-19-6-4-3-5-7-19)26(32)20-8-12-22(34-2)13-9-20/h3-15,24H,16-17H2,1-2H3. The number of rotatable bonds is 7. The molecule has 4 rings (SSSR count). The maximum Gasteiger partial charge on any atom is 0.308 e. The van der Waals surface area contributed by atoms with Crippen LogP contribution in [0.2, 0.25) is 0 Å². The van der Waals surface area contributed by atoms with Gasteiger partial charge < -0.3 is 14.4 Å². The molecule has 0 aromatic heterocycles. The predicted octanol–water partition coefficient (Wildman–Crippen LogP) is 3.60. The van der Waals surface area contributed by atoms with E-state index in [2.05, 4.69) is 0 Å². The highest BCUT2D eigenvalue weighted by molar-refractivity contribution is 6.23. The van der Waals surface area contributed by atoms with Gasteiger partial charge >= 0.3 is 5.97 Å². The third kappa shape index (κ3) is 5.22. The van der Waals surface area contributed by atoms with Crippen LogP contribution in [0.3, 0.4) is 0 Å². The second-order valence-electron chi connectivity index (χ2n) is 8.02. The van der Waals surface area contributed by atoms with Gasteiger partial charge in [0, 0.05) is 19.0 Å². The second kappa shape index (κ2) is 10.2. The molecule has 1 fully saturated rings. The lowest BCUT2D eigenvalue weighted by Gasteiger charge is -2.28. The summed E-state index contributed by atoms with van der Waals surface area (Å²) < 4.78 is 10.2. The van der Waals surface area contributed by atoms with Gasteiger partial charge in [-0.3, -0.25) is 19.2 Å². The van der Waals surface area contributed by atoms with Gasteiger partial charge in [0.2, 0.25) is 5.91 Å². The Bertz CT molecular complexity index is 1240. The van der Waals surface area contributed by atoms with Crippen molar-refractivity contribution in [1.82, 2.24) is 4.90 Å². The Kier molecular flexibility index (Phi) is 6.91. The van der Waals surface area contributed by atoms with Crippen molar-refractivity contribution in [1.29, 1.82) is 0 Å². The van der Waals surface area contributed by atoms with Crippen LogP contribution in [0.5, 0.6) is 11.5 Å². The van der Waals surface area contributed by atoms with E-state index in [1.165, 1.54) is 43.2 Å². The summed E-state index contributed by atoms with van der Waals surface area (Å²) in [6.45, 7) is 1.45. The lowest BCUT2D eigenvalue weighted by atomic mass is 10.1. The summed E-state index contributed by atoms with van der Waals surface area (Å²) in [7, 11) is 1.54. The average Bonchev–Trinajstić information content (AvgIpc) is 3.16. The van der Waals surface area contributed by atoms with Crippen molar-refractivity contribution in [2.45, 2.75) is 25.9 Å². The van der Waals surface area contributed by atoms with Crippen LogP contribution < -0.4 is 14.4 Å². The minimum Gasteiger partial charge on any atom is -0.497 e. The number of carbonyl (C=O) groups is 4. The van der Waals surface area contributed by atoms with Crippen LogP contribution in [-0.4, -0.2) is 41.7 Å². The summed E-state index contributed by atoms with van der Waals surface area (Å²) in [6.07, 6.45) is -0.140. The molecule has 3 amide bonds. The van der Waals surface area contributed by atoms with E-state index in [1.54, 1.807) is 24.3 Å². The Morgan fingerprint density at radius 3 is 2.14 bits per heavy atom. The summed E-state index contributed by atoms with van der Waals surface area (Å²) >= 11 is 0. The second-order valence-corrected chi connectivity index (χ2v) is 8.02. The molecule has 35 heavy (non-hydrogen) atoms. The zero-order valence-electron chi connectivity index (χ0n) is 19.3. The lowest BCUT2D eigenvalue weighted by molar-refractivity contribution is -0.132. The zero-order chi connectivity index (χ0) is 24.9. The Balaban J connectivity index is 1.63. The smallest absolute Gasteiger partial charge is 0.308 e. The summed E-state index contributed by atoms with van der Waals surface area (Å²) in [6, 6.07) is 21.0. The Morgan fingerprint density at radius 2 is 1.54 bits per heavy atom. The number of anilines is 1. The molecule has 0 radical (unpaired) electrons. The van der Waals surface area contributed by atoms with Gasteiger partial charge in [-0.1, -0.05) is 30.3 Å². The fourth-order valence-corrected chi connectivity index (χ4v) is 3.96. The van der Waals surface area contributed by atoms with Crippen LogP contribution in [0, 0.1) is 0 Å². The lowest BCUT2D eigenvalue weighted by Crippen LogP contribution is -2.45. The number of esters is 1. The topological polar surface area (TPSA) is 93.2 Å². The average molecular weight is 472 g/mol. The molecule has 8 nitrogen and oxygen atoms in total. The molecule has 178 valence electrons. The van der Waals surface area contributed by atoms with Gasteiger partial charge in [0.25, 0.3) is 11.8 Å². The Labute approximate surface area is 202 Å². The van der Waals surface area contributed by atoms with E-state index in [4.69, 9.17) is 9.47 Å². The van der Waals surface area contributed by atoms with Crippen LogP contribution in [0.25, 0.3) is 0 Å². The summed E-state index contributed by atoms with van der Waals surface area (Å²) in [5.74, 6) is -0.841. The van der Waals surface area contributed by atoms with E-state index >= 15 is 0 Å². The molecule has 0 spiro atoms. The molecule has 0 bridgehead atoms. The fourth-order valence-electron chi connectivity index (χ4n) is 3.96.